The predicted octanol–water partition coefficient (Wildman–Crippen LogP) is 15.3. The fourth-order valence-electron chi connectivity index (χ4n) is 9.34. The molecule has 0 saturated heterocycles. The molecule has 7 aromatic carbocycles. The molecule has 0 amide bonds. The summed E-state index contributed by atoms with van der Waals surface area (Å²) >= 11 is 1.90. The Hall–Kier alpha value is -6.48. The molecule has 0 radical (unpaired) electrons. The third-order valence-corrected chi connectivity index (χ3v) is 13.2. The van der Waals surface area contributed by atoms with Gasteiger partial charge in [0.15, 0.2) is 0 Å². The number of nitrogens with zero attached hydrogens (tertiary/aromatic N) is 1. The summed E-state index contributed by atoms with van der Waals surface area (Å²) < 4.78 is 5.20. The van der Waals surface area contributed by atoms with Gasteiger partial charge in [0, 0.05) is 42.0 Å². The van der Waals surface area contributed by atoms with Gasteiger partial charge in [0.05, 0.1) is 11.0 Å². The van der Waals surface area contributed by atoms with Crippen LogP contribution in [-0.4, -0.2) is 4.57 Å². The average Bonchev–Trinajstić information content (AvgIpc) is 3.84. The molecule has 0 saturated carbocycles. The molecule has 9 aromatic rings. The van der Waals surface area contributed by atoms with E-state index in [0.717, 1.165) is 12.0 Å². The maximum absolute atomic E-state index is 4.24. The fourth-order valence-corrected chi connectivity index (χ4v) is 10.5. The zero-order valence-electron chi connectivity index (χ0n) is 31.5. The van der Waals surface area contributed by atoms with Crippen LogP contribution in [0.2, 0.25) is 0 Å². The lowest BCUT2D eigenvalue weighted by Gasteiger charge is -2.23. The minimum absolute atomic E-state index is 0.165. The van der Waals surface area contributed by atoms with Crippen molar-refractivity contribution in [3.8, 4) is 27.9 Å². The highest BCUT2D eigenvalue weighted by Crippen LogP contribution is 2.54. The maximum atomic E-state index is 4.24. The van der Waals surface area contributed by atoms with Gasteiger partial charge >= 0.3 is 0 Å². The first-order valence-electron chi connectivity index (χ1n) is 19.5. The number of fused-ring (bicyclic) bond motifs is 11. The van der Waals surface area contributed by atoms with Crippen LogP contribution in [-0.2, 0) is 5.41 Å². The molecule has 0 aliphatic heterocycles. The van der Waals surface area contributed by atoms with E-state index in [1.807, 2.05) is 11.3 Å². The number of hydrogen-bond acceptors (Lipinski definition) is 1. The molecule has 2 aromatic heterocycles. The first-order chi connectivity index (χ1) is 27.4. The van der Waals surface area contributed by atoms with E-state index in [2.05, 4.69) is 201 Å². The summed E-state index contributed by atoms with van der Waals surface area (Å²) in [6.07, 6.45) is 15.9. The summed E-state index contributed by atoms with van der Waals surface area (Å²) in [6.45, 7) is 9.07. The highest BCUT2D eigenvalue weighted by atomic mass is 32.1. The van der Waals surface area contributed by atoms with Crippen LogP contribution in [0.1, 0.15) is 37.0 Å². The molecule has 2 aliphatic carbocycles. The Balaban J connectivity index is 1.12. The second kappa shape index (κ2) is 12.5. The number of thiophene rings is 1. The van der Waals surface area contributed by atoms with Gasteiger partial charge in [-0.3, -0.25) is 0 Å². The third-order valence-electron chi connectivity index (χ3n) is 12.1. The Bertz CT molecular complexity index is 3260. The van der Waals surface area contributed by atoms with Crippen LogP contribution in [0.25, 0.3) is 86.3 Å². The molecule has 0 fully saturated rings. The minimum atomic E-state index is -0.165. The van der Waals surface area contributed by atoms with Crippen LogP contribution < -0.4 is 0 Å². The van der Waals surface area contributed by atoms with E-state index >= 15 is 0 Å². The lowest BCUT2D eigenvalue weighted by molar-refractivity contribution is 0.666. The van der Waals surface area contributed by atoms with Crippen LogP contribution in [0.15, 0.2) is 188 Å². The highest BCUT2D eigenvalue weighted by Gasteiger charge is 2.38. The van der Waals surface area contributed by atoms with Crippen molar-refractivity contribution in [1.29, 1.82) is 0 Å². The van der Waals surface area contributed by atoms with E-state index in [-0.39, 0.29) is 5.41 Å². The van der Waals surface area contributed by atoms with E-state index in [9.17, 15) is 0 Å². The standard InChI is InChI=1S/C54H39NS/c1-34-12-6-4-5-7-13-35(19-18-34)39-22-27-48-45(31-39)46-32-40(38-21-20-36-14-8-9-15-37(36)30-38)23-28-49(46)55(48)41-24-25-42-43-26-29-51-52(44-16-10-11-17-50(44)56-51)53(43)54(2,3)47(42)33-41/h4-6,8-33H,1,7H2,2-3H3/b5-4-,12-6-,19-18?,35-13+. The number of allylic oxidation sites excluding steroid dienone is 9. The van der Waals surface area contributed by atoms with Crippen molar-refractivity contribution in [1.82, 2.24) is 4.57 Å². The first kappa shape index (κ1) is 32.9. The van der Waals surface area contributed by atoms with E-state index in [4.69, 9.17) is 0 Å². The molecule has 0 unspecified atom stereocenters. The van der Waals surface area contributed by atoms with Crippen molar-refractivity contribution in [3.63, 3.8) is 0 Å². The van der Waals surface area contributed by atoms with Gasteiger partial charge < -0.3 is 4.57 Å². The smallest absolute Gasteiger partial charge is 0.0541 e. The predicted molar refractivity (Wildman–Crippen MR) is 243 cm³/mol. The van der Waals surface area contributed by atoms with Gasteiger partial charge in [0.25, 0.3) is 0 Å². The van der Waals surface area contributed by atoms with E-state index in [0.29, 0.717) is 0 Å². The van der Waals surface area contributed by atoms with E-state index in [1.54, 1.807) is 0 Å². The van der Waals surface area contributed by atoms with Crippen molar-refractivity contribution >= 4 is 69.7 Å². The average molecular weight is 734 g/mol. The molecule has 266 valence electrons. The number of hydrogen-bond donors (Lipinski definition) is 0. The van der Waals surface area contributed by atoms with Gasteiger partial charge in [-0.15, -0.1) is 11.3 Å². The topological polar surface area (TPSA) is 4.93 Å². The summed E-state index contributed by atoms with van der Waals surface area (Å²) in [4.78, 5) is 0. The van der Waals surface area contributed by atoms with E-state index in [1.165, 1.54) is 103 Å². The molecule has 0 N–H and O–H groups in total. The summed E-state index contributed by atoms with van der Waals surface area (Å²) in [5, 5.41) is 7.78. The second-order valence-electron chi connectivity index (χ2n) is 15.8. The van der Waals surface area contributed by atoms with Crippen molar-refractivity contribution in [2.75, 3.05) is 0 Å². The molecule has 0 spiro atoms. The van der Waals surface area contributed by atoms with Gasteiger partial charge in [-0.2, -0.15) is 0 Å². The summed E-state index contributed by atoms with van der Waals surface area (Å²) in [7, 11) is 0. The normalized spacial score (nSPS) is 17.0. The van der Waals surface area contributed by atoms with Crippen molar-refractivity contribution in [2.24, 2.45) is 0 Å². The molecule has 2 heteroatoms. The van der Waals surface area contributed by atoms with Crippen LogP contribution in [0, 0.1) is 0 Å². The molecule has 11 rings (SSSR count). The third kappa shape index (κ3) is 5.06. The lowest BCUT2D eigenvalue weighted by Crippen LogP contribution is -2.15. The van der Waals surface area contributed by atoms with E-state index < -0.39 is 0 Å². The van der Waals surface area contributed by atoms with Crippen molar-refractivity contribution in [3.05, 3.63) is 205 Å². The number of aromatic nitrogens is 1. The zero-order valence-corrected chi connectivity index (χ0v) is 32.3. The maximum Gasteiger partial charge on any atom is 0.0541 e. The molecule has 0 atom stereocenters. The lowest BCUT2D eigenvalue weighted by atomic mass is 9.80. The van der Waals surface area contributed by atoms with Crippen molar-refractivity contribution in [2.45, 2.75) is 25.7 Å². The second-order valence-corrected chi connectivity index (χ2v) is 16.9. The summed E-state index contributed by atoms with van der Waals surface area (Å²) in [5.41, 5.74) is 14.8. The van der Waals surface area contributed by atoms with Gasteiger partial charge in [0.1, 0.15) is 0 Å². The molecule has 0 bridgehead atoms. The first-order valence-corrected chi connectivity index (χ1v) is 20.3. The van der Waals surface area contributed by atoms with Crippen LogP contribution >= 0.6 is 11.3 Å². The summed E-state index contributed by atoms with van der Waals surface area (Å²) in [6, 6.07) is 50.2. The van der Waals surface area contributed by atoms with Gasteiger partial charge in [-0.05, 0) is 122 Å². The number of benzene rings is 7. The zero-order chi connectivity index (χ0) is 37.5. The quantitative estimate of drug-likeness (QED) is 0.170. The molecule has 2 aliphatic rings. The van der Waals surface area contributed by atoms with Gasteiger partial charge in [-0.1, -0.05) is 142 Å². The molecule has 2 heterocycles. The van der Waals surface area contributed by atoms with Crippen LogP contribution in [0.5, 0.6) is 0 Å². The largest absolute Gasteiger partial charge is 0.309 e. The Morgan fingerprint density at radius 1 is 0.589 bits per heavy atom. The Morgan fingerprint density at radius 2 is 1.32 bits per heavy atom. The monoisotopic (exact) mass is 733 g/mol. The highest BCUT2D eigenvalue weighted by molar-refractivity contribution is 7.25. The Kier molecular flexibility index (Phi) is 7.36. The minimum Gasteiger partial charge on any atom is -0.309 e. The van der Waals surface area contributed by atoms with Crippen molar-refractivity contribution < 1.29 is 0 Å². The molecular weight excluding hydrogens is 695 g/mol. The summed E-state index contributed by atoms with van der Waals surface area (Å²) in [5.74, 6) is 0. The molecular formula is C54H39NS. The van der Waals surface area contributed by atoms with Crippen LogP contribution in [0.4, 0.5) is 0 Å². The van der Waals surface area contributed by atoms with Gasteiger partial charge in [-0.25, -0.2) is 0 Å². The van der Waals surface area contributed by atoms with Crippen LogP contribution in [0.3, 0.4) is 0 Å². The van der Waals surface area contributed by atoms with Gasteiger partial charge in [0.2, 0.25) is 0 Å². The fraction of sp³-hybridized carbons (Fsp3) is 0.0741. The Morgan fingerprint density at radius 3 is 2.20 bits per heavy atom. The SMILES string of the molecule is C=C1C=C/C(c2ccc3c(c2)c2cc(-c4ccc5ccccc5c4)ccc2n3-c2ccc3c(c2)C(C)(C)c2c-3ccc3sc4ccccc4c23)=C\C/C=C\C=C/1. The Labute approximate surface area is 331 Å². The molecule has 1 nitrogen and oxygen atoms in total. The molecule has 56 heavy (non-hydrogen) atoms. The number of rotatable bonds is 3.